The number of esters is 1. The minimum Gasteiger partial charge on any atom is -0.465 e. The topological polar surface area (TPSA) is 38.3 Å². The summed E-state index contributed by atoms with van der Waals surface area (Å²) >= 11 is 0. The molecule has 3 nitrogen and oxygen atoms in total. The van der Waals surface area contributed by atoms with E-state index in [9.17, 15) is 4.79 Å². The fourth-order valence-corrected chi connectivity index (χ4v) is 2.94. The third-order valence-electron chi connectivity index (χ3n) is 4.02. The van der Waals surface area contributed by atoms with Crippen LogP contribution in [0, 0.1) is 0 Å². The number of benzene rings is 2. The van der Waals surface area contributed by atoms with Crippen molar-refractivity contribution in [2.24, 2.45) is 0 Å². The molecule has 2 aromatic rings. The molecular weight excluding hydrogens is 262 g/mol. The van der Waals surface area contributed by atoms with Crippen LogP contribution in [0.25, 0.3) is 0 Å². The smallest absolute Gasteiger partial charge is 0.338 e. The van der Waals surface area contributed by atoms with Crippen LogP contribution in [0.2, 0.25) is 0 Å². The second-order valence-electron chi connectivity index (χ2n) is 5.28. The minimum atomic E-state index is -0.262. The van der Waals surface area contributed by atoms with Crippen LogP contribution in [-0.4, -0.2) is 19.6 Å². The van der Waals surface area contributed by atoms with Crippen LogP contribution in [0.1, 0.15) is 27.0 Å². The molecule has 0 saturated carbocycles. The van der Waals surface area contributed by atoms with Gasteiger partial charge in [-0.25, -0.2) is 4.79 Å². The maximum absolute atomic E-state index is 11.8. The van der Waals surface area contributed by atoms with Crippen molar-refractivity contribution < 1.29 is 9.53 Å². The summed E-state index contributed by atoms with van der Waals surface area (Å²) < 4.78 is 4.85. The molecule has 0 aromatic heterocycles. The first-order valence-electron chi connectivity index (χ1n) is 7.30. The van der Waals surface area contributed by atoms with Crippen LogP contribution in [-0.2, 0) is 24.0 Å². The molecule has 0 amide bonds. The first-order valence-corrected chi connectivity index (χ1v) is 7.30. The van der Waals surface area contributed by atoms with E-state index in [-0.39, 0.29) is 5.97 Å². The fourth-order valence-electron chi connectivity index (χ4n) is 2.94. The summed E-state index contributed by atoms with van der Waals surface area (Å²) in [5, 5.41) is 3.46. The third-order valence-corrected chi connectivity index (χ3v) is 4.02. The molecule has 21 heavy (non-hydrogen) atoms. The average molecular weight is 281 g/mol. The van der Waals surface area contributed by atoms with Gasteiger partial charge in [0.25, 0.3) is 0 Å². The number of ether oxygens (including phenoxy) is 1. The minimum absolute atomic E-state index is 0.262. The van der Waals surface area contributed by atoms with Gasteiger partial charge in [-0.1, -0.05) is 36.4 Å². The predicted molar refractivity (Wildman–Crippen MR) is 83.8 cm³/mol. The number of fused-ring (bicyclic) bond motifs is 1. The first-order chi connectivity index (χ1) is 10.3. The Kier molecular flexibility index (Phi) is 3.91. The van der Waals surface area contributed by atoms with Gasteiger partial charge in [0.05, 0.1) is 12.7 Å². The molecular formula is C18H19NO2. The highest BCUT2D eigenvalue weighted by molar-refractivity contribution is 5.91. The Labute approximate surface area is 124 Å². The van der Waals surface area contributed by atoms with Crippen molar-refractivity contribution in [3.8, 4) is 0 Å². The Bertz CT molecular complexity index is 664. The van der Waals surface area contributed by atoms with E-state index in [1.807, 2.05) is 24.3 Å². The average Bonchev–Trinajstić information content (AvgIpc) is 3.01. The zero-order chi connectivity index (χ0) is 14.7. The lowest BCUT2D eigenvalue weighted by Crippen LogP contribution is -2.07. The van der Waals surface area contributed by atoms with E-state index in [1.165, 1.54) is 23.9 Å². The van der Waals surface area contributed by atoms with E-state index in [1.54, 1.807) is 0 Å². The van der Waals surface area contributed by atoms with Gasteiger partial charge >= 0.3 is 5.97 Å². The van der Waals surface area contributed by atoms with E-state index in [0.29, 0.717) is 5.56 Å². The van der Waals surface area contributed by atoms with Crippen molar-refractivity contribution in [3.05, 3.63) is 64.7 Å². The first kappa shape index (κ1) is 13.7. The predicted octanol–water partition coefficient (Wildman–Crippen LogP) is 3.23. The number of hydrogen-bond donors (Lipinski definition) is 1. The lowest BCUT2D eigenvalue weighted by molar-refractivity contribution is 0.0599. The number of aryl methyl sites for hydroxylation is 2. The van der Waals surface area contributed by atoms with Gasteiger partial charge in [0.1, 0.15) is 0 Å². The number of anilines is 1. The van der Waals surface area contributed by atoms with E-state index < -0.39 is 0 Å². The van der Waals surface area contributed by atoms with Crippen LogP contribution >= 0.6 is 0 Å². The van der Waals surface area contributed by atoms with Crippen LogP contribution in [0.3, 0.4) is 0 Å². The highest BCUT2D eigenvalue weighted by Gasteiger charge is 2.15. The molecule has 108 valence electrons. The third kappa shape index (κ3) is 2.77. The van der Waals surface area contributed by atoms with Crippen molar-refractivity contribution >= 4 is 11.7 Å². The van der Waals surface area contributed by atoms with Crippen LogP contribution in [0.15, 0.2) is 42.5 Å². The van der Waals surface area contributed by atoms with Crippen LogP contribution in [0.4, 0.5) is 5.69 Å². The Hall–Kier alpha value is -2.29. The summed E-state index contributed by atoms with van der Waals surface area (Å²) in [6.45, 7) is 1.02. The van der Waals surface area contributed by atoms with E-state index >= 15 is 0 Å². The van der Waals surface area contributed by atoms with Gasteiger partial charge in [-0.15, -0.1) is 0 Å². The molecule has 0 atom stereocenters. The van der Waals surface area contributed by atoms with Gasteiger partial charge < -0.3 is 10.1 Å². The van der Waals surface area contributed by atoms with Gasteiger partial charge in [-0.3, -0.25) is 0 Å². The molecule has 1 aliphatic rings. The molecule has 3 rings (SSSR count). The molecule has 0 aliphatic carbocycles. The molecule has 0 spiro atoms. The molecule has 3 heteroatoms. The van der Waals surface area contributed by atoms with Crippen molar-refractivity contribution in [2.75, 3.05) is 19.0 Å². The van der Waals surface area contributed by atoms with Gasteiger partial charge in [0, 0.05) is 12.2 Å². The maximum Gasteiger partial charge on any atom is 0.338 e. The molecule has 1 N–H and O–H groups in total. The number of carbonyl (C=O) groups is 1. The standard InChI is InChI=1S/C18H19NO2/c1-21-18(20)16-8-3-2-5-13(16)9-10-14-6-4-7-15-11-12-19-17(14)15/h2-8,19H,9-12H2,1H3. The largest absolute Gasteiger partial charge is 0.465 e. The summed E-state index contributed by atoms with van der Waals surface area (Å²) in [5.41, 5.74) is 5.71. The lowest BCUT2D eigenvalue weighted by atomic mass is 9.97. The summed E-state index contributed by atoms with van der Waals surface area (Å²) in [6, 6.07) is 14.1. The molecule has 0 unspecified atom stereocenters. The second-order valence-corrected chi connectivity index (χ2v) is 5.28. The zero-order valence-electron chi connectivity index (χ0n) is 12.2. The molecule has 0 radical (unpaired) electrons. The Morgan fingerprint density at radius 2 is 1.86 bits per heavy atom. The number of carbonyl (C=O) groups excluding carboxylic acids is 1. The van der Waals surface area contributed by atoms with Gasteiger partial charge in [0.2, 0.25) is 0 Å². The van der Waals surface area contributed by atoms with Crippen LogP contribution in [0.5, 0.6) is 0 Å². The highest BCUT2D eigenvalue weighted by Crippen LogP contribution is 2.27. The van der Waals surface area contributed by atoms with E-state index in [0.717, 1.165) is 31.4 Å². The molecule has 1 heterocycles. The summed E-state index contributed by atoms with van der Waals surface area (Å²) in [4.78, 5) is 11.8. The fraction of sp³-hybridized carbons (Fsp3) is 0.278. The van der Waals surface area contributed by atoms with Crippen molar-refractivity contribution in [1.82, 2.24) is 0 Å². The van der Waals surface area contributed by atoms with Crippen molar-refractivity contribution in [3.63, 3.8) is 0 Å². The SMILES string of the molecule is COC(=O)c1ccccc1CCc1cccc2c1NCC2. The lowest BCUT2D eigenvalue weighted by Gasteiger charge is -2.11. The molecule has 0 fully saturated rings. The number of hydrogen-bond acceptors (Lipinski definition) is 3. The van der Waals surface area contributed by atoms with E-state index in [4.69, 9.17) is 4.74 Å². The maximum atomic E-state index is 11.8. The van der Waals surface area contributed by atoms with Crippen molar-refractivity contribution in [2.45, 2.75) is 19.3 Å². The molecule has 1 aliphatic heterocycles. The Morgan fingerprint density at radius 1 is 1.10 bits per heavy atom. The summed E-state index contributed by atoms with van der Waals surface area (Å²) in [7, 11) is 1.42. The summed E-state index contributed by atoms with van der Waals surface area (Å²) in [5.74, 6) is -0.262. The summed E-state index contributed by atoms with van der Waals surface area (Å²) in [6.07, 6.45) is 2.86. The van der Waals surface area contributed by atoms with E-state index in [2.05, 4.69) is 23.5 Å². The van der Waals surface area contributed by atoms with Crippen molar-refractivity contribution in [1.29, 1.82) is 0 Å². The number of nitrogens with one attached hydrogen (secondary N) is 1. The monoisotopic (exact) mass is 281 g/mol. The molecule has 0 saturated heterocycles. The van der Waals surface area contributed by atoms with Gasteiger partial charge in [-0.2, -0.15) is 0 Å². The second kappa shape index (κ2) is 6.00. The molecule has 0 bridgehead atoms. The quantitative estimate of drug-likeness (QED) is 0.874. The number of para-hydroxylation sites is 1. The van der Waals surface area contributed by atoms with Crippen LogP contribution < -0.4 is 5.32 Å². The number of rotatable bonds is 4. The molecule has 2 aromatic carbocycles. The zero-order valence-corrected chi connectivity index (χ0v) is 12.2. The Morgan fingerprint density at radius 3 is 2.71 bits per heavy atom. The highest BCUT2D eigenvalue weighted by atomic mass is 16.5. The Balaban J connectivity index is 1.80. The van der Waals surface area contributed by atoms with Gasteiger partial charge in [0.15, 0.2) is 0 Å². The number of methoxy groups -OCH3 is 1. The normalized spacial score (nSPS) is 12.6. The van der Waals surface area contributed by atoms with Gasteiger partial charge in [-0.05, 0) is 42.0 Å².